The summed E-state index contributed by atoms with van der Waals surface area (Å²) in [6.45, 7) is 4.01. The molecule has 0 heterocycles. The van der Waals surface area contributed by atoms with Crippen molar-refractivity contribution in [1.82, 2.24) is 10.2 Å². The predicted molar refractivity (Wildman–Crippen MR) is 83.2 cm³/mol. The van der Waals surface area contributed by atoms with Gasteiger partial charge in [0.25, 0.3) is 0 Å². The quantitative estimate of drug-likeness (QED) is 0.773. The first-order valence-corrected chi connectivity index (χ1v) is 6.81. The van der Waals surface area contributed by atoms with Crippen LogP contribution in [0.15, 0.2) is 24.3 Å². The number of nitrogens with one attached hydrogen (secondary N) is 2. The predicted octanol–water partition coefficient (Wildman–Crippen LogP) is 2.49. The van der Waals surface area contributed by atoms with Crippen molar-refractivity contribution in [2.24, 2.45) is 0 Å². The molecule has 100 valence electrons. The highest BCUT2D eigenvalue weighted by molar-refractivity contribution is 7.80. The lowest BCUT2D eigenvalue weighted by Crippen LogP contribution is -2.34. The summed E-state index contributed by atoms with van der Waals surface area (Å²) in [4.78, 5) is 2.12. The molecule has 1 aromatic rings. The first kappa shape index (κ1) is 14.9. The first-order chi connectivity index (χ1) is 8.61. The monoisotopic (exact) mass is 265 g/mol. The lowest BCUT2D eigenvalue weighted by Gasteiger charge is -2.13. The molecule has 0 radical (unpaired) electrons. The minimum absolute atomic E-state index is 0.681. The molecule has 3 nitrogen and oxygen atoms in total. The van der Waals surface area contributed by atoms with Gasteiger partial charge in [0.1, 0.15) is 0 Å². The zero-order valence-corrected chi connectivity index (χ0v) is 12.3. The molecule has 0 atom stereocenters. The third-order valence-electron chi connectivity index (χ3n) is 2.60. The summed E-state index contributed by atoms with van der Waals surface area (Å²) in [5, 5.41) is 7.05. The Balaban J connectivity index is 2.35. The van der Waals surface area contributed by atoms with E-state index in [-0.39, 0.29) is 0 Å². The number of rotatable bonds is 6. The highest BCUT2D eigenvalue weighted by atomic mass is 32.1. The van der Waals surface area contributed by atoms with E-state index >= 15 is 0 Å². The van der Waals surface area contributed by atoms with Crippen molar-refractivity contribution in [1.29, 1.82) is 0 Å². The second-order valence-corrected chi connectivity index (χ2v) is 5.04. The Morgan fingerprint density at radius 3 is 2.44 bits per heavy atom. The van der Waals surface area contributed by atoms with Crippen LogP contribution in [0, 0.1) is 0 Å². The van der Waals surface area contributed by atoms with Gasteiger partial charge >= 0.3 is 0 Å². The third-order valence-corrected chi connectivity index (χ3v) is 2.84. The van der Waals surface area contributed by atoms with Crippen LogP contribution in [0.3, 0.4) is 0 Å². The zero-order chi connectivity index (χ0) is 13.4. The zero-order valence-electron chi connectivity index (χ0n) is 11.5. The van der Waals surface area contributed by atoms with Crippen molar-refractivity contribution in [2.45, 2.75) is 19.8 Å². The van der Waals surface area contributed by atoms with Crippen LogP contribution in [-0.4, -0.2) is 37.2 Å². The largest absolute Gasteiger partial charge is 0.361 e. The second-order valence-electron chi connectivity index (χ2n) is 4.63. The van der Waals surface area contributed by atoms with Gasteiger partial charge in [0.05, 0.1) is 0 Å². The summed E-state index contributed by atoms with van der Waals surface area (Å²) in [5.74, 6) is 0. The molecule has 0 fully saturated rings. The molecular formula is C14H23N3S. The Kier molecular flexibility index (Phi) is 6.68. The lowest BCUT2D eigenvalue weighted by atomic mass is 10.1. The first-order valence-electron chi connectivity index (χ1n) is 6.40. The molecule has 0 bridgehead atoms. The van der Waals surface area contributed by atoms with E-state index in [1.807, 2.05) is 14.1 Å². The average Bonchev–Trinajstić information content (AvgIpc) is 2.31. The van der Waals surface area contributed by atoms with E-state index in [0.717, 1.165) is 25.2 Å². The van der Waals surface area contributed by atoms with Gasteiger partial charge in [-0.05, 0) is 50.4 Å². The third kappa shape index (κ3) is 5.98. The van der Waals surface area contributed by atoms with E-state index in [4.69, 9.17) is 12.2 Å². The van der Waals surface area contributed by atoms with Crippen molar-refractivity contribution in [2.75, 3.05) is 32.5 Å². The summed E-state index contributed by atoms with van der Waals surface area (Å²) in [6.07, 6.45) is 2.31. The smallest absolute Gasteiger partial charge is 0.170 e. The highest BCUT2D eigenvalue weighted by Gasteiger charge is 1.98. The van der Waals surface area contributed by atoms with Crippen LogP contribution < -0.4 is 10.6 Å². The van der Waals surface area contributed by atoms with Gasteiger partial charge in [-0.1, -0.05) is 25.5 Å². The van der Waals surface area contributed by atoms with Gasteiger partial charge in [-0.25, -0.2) is 0 Å². The summed E-state index contributed by atoms with van der Waals surface area (Å²) in [6, 6.07) is 8.44. The van der Waals surface area contributed by atoms with Crippen molar-refractivity contribution < 1.29 is 0 Å². The molecule has 0 aromatic heterocycles. The Morgan fingerprint density at radius 2 is 1.89 bits per heavy atom. The van der Waals surface area contributed by atoms with Gasteiger partial charge < -0.3 is 15.5 Å². The molecule has 4 heteroatoms. The van der Waals surface area contributed by atoms with Crippen LogP contribution in [-0.2, 0) is 6.42 Å². The van der Waals surface area contributed by atoms with Crippen LogP contribution in [0.25, 0.3) is 0 Å². The van der Waals surface area contributed by atoms with Gasteiger partial charge in [-0.15, -0.1) is 0 Å². The van der Waals surface area contributed by atoms with Gasteiger partial charge in [-0.2, -0.15) is 0 Å². The fourth-order valence-electron chi connectivity index (χ4n) is 1.61. The van der Waals surface area contributed by atoms with Crippen LogP contribution in [0.2, 0.25) is 0 Å². The summed E-state index contributed by atoms with van der Waals surface area (Å²) >= 11 is 5.23. The van der Waals surface area contributed by atoms with E-state index in [1.54, 1.807) is 0 Å². The van der Waals surface area contributed by atoms with Crippen molar-refractivity contribution in [3.8, 4) is 0 Å². The molecule has 2 N–H and O–H groups in total. The fraction of sp³-hybridized carbons (Fsp3) is 0.500. The molecule has 0 amide bonds. The lowest BCUT2D eigenvalue weighted by molar-refractivity contribution is 0.413. The number of aryl methyl sites for hydroxylation is 1. The van der Waals surface area contributed by atoms with E-state index in [1.165, 1.54) is 12.0 Å². The molecule has 0 aliphatic carbocycles. The van der Waals surface area contributed by atoms with Gasteiger partial charge in [0.15, 0.2) is 5.11 Å². The Labute approximate surface area is 116 Å². The number of likely N-dealkylation sites (N-methyl/N-ethyl adjacent to an activating group) is 1. The van der Waals surface area contributed by atoms with E-state index in [0.29, 0.717) is 5.11 Å². The molecule has 1 rings (SSSR count). The Morgan fingerprint density at radius 1 is 1.22 bits per heavy atom. The fourth-order valence-corrected chi connectivity index (χ4v) is 1.83. The molecule has 0 aliphatic heterocycles. The van der Waals surface area contributed by atoms with Crippen molar-refractivity contribution >= 4 is 23.0 Å². The minimum atomic E-state index is 0.681. The van der Waals surface area contributed by atoms with Gasteiger partial charge in [0, 0.05) is 18.8 Å². The SMILES string of the molecule is CCCc1ccc(NC(=S)NCCN(C)C)cc1. The molecule has 0 aliphatic rings. The number of thiocarbonyl (C=S) groups is 1. The molecular weight excluding hydrogens is 242 g/mol. The van der Waals surface area contributed by atoms with Gasteiger partial charge in [0.2, 0.25) is 0 Å². The summed E-state index contributed by atoms with van der Waals surface area (Å²) in [7, 11) is 4.09. The molecule has 1 aromatic carbocycles. The van der Waals surface area contributed by atoms with Crippen LogP contribution in [0.5, 0.6) is 0 Å². The average molecular weight is 265 g/mol. The second kappa shape index (κ2) is 8.06. The van der Waals surface area contributed by atoms with E-state index in [2.05, 4.69) is 46.7 Å². The highest BCUT2D eigenvalue weighted by Crippen LogP contribution is 2.10. The van der Waals surface area contributed by atoms with Crippen molar-refractivity contribution in [3.05, 3.63) is 29.8 Å². The van der Waals surface area contributed by atoms with Crippen LogP contribution >= 0.6 is 12.2 Å². The maximum atomic E-state index is 5.23. The molecule has 0 spiro atoms. The number of nitrogens with zero attached hydrogens (tertiary/aromatic N) is 1. The number of hydrogen-bond donors (Lipinski definition) is 2. The summed E-state index contributed by atoms with van der Waals surface area (Å²) in [5.41, 5.74) is 2.41. The summed E-state index contributed by atoms with van der Waals surface area (Å²) < 4.78 is 0. The number of anilines is 1. The van der Waals surface area contributed by atoms with Crippen LogP contribution in [0.1, 0.15) is 18.9 Å². The Bertz CT molecular complexity index is 360. The molecule has 0 unspecified atom stereocenters. The molecule has 0 saturated heterocycles. The number of hydrogen-bond acceptors (Lipinski definition) is 2. The normalized spacial score (nSPS) is 10.4. The standard InChI is InChI=1S/C14H23N3S/c1-4-5-12-6-8-13(9-7-12)16-14(18)15-10-11-17(2)3/h6-9H,4-5,10-11H2,1-3H3,(H2,15,16,18). The molecule has 0 saturated carbocycles. The number of benzene rings is 1. The van der Waals surface area contributed by atoms with E-state index < -0.39 is 0 Å². The Hall–Kier alpha value is -1.13. The van der Waals surface area contributed by atoms with E-state index in [9.17, 15) is 0 Å². The molecule has 18 heavy (non-hydrogen) atoms. The maximum absolute atomic E-state index is 5.23. The van der Waals surface area contributed by atoms with Gasteiger partial charge in [-0.3, -0.25) is 0 Å². The van der Waals surface area contributed by atoms with Crippen molar-refractivity contribution in [3.63, 3.8) is 0 Å². The minimum Gasteiger partial charge on any atom is -0.361 e. The topological polar surface area (TPSA) is 27.3 Å². The van der Waals surface area contributed by atoms with Crippen LogP contribution in [0.4, 0.5) is 5.69 Å². The maximum Gasteiger partial charge on any atom is 0.170 e.